The molecule has 4 heterocycles. The van der Waals surface area contributed by atoms with Gasteiger partial charge in [0.1, 0.15) is 5.69 Å². The van der Waals surface area contributed by atoms with Crippen molar-refractivity contribution in [1.29, 1.82) is 0 Å². The van der Waals surface area contributed by atoms with E-state index in [4.69, 9.17) is 0 Å². The van der Waals surface area contributed by atoms with Crippen molar-refractivity contribution in [2.75, 3.05) is 18.4 Å². The molecule has 0 aliphatic carbocycles. The van der Waals surface area contributed by atoms with Gasteiger partial charge in [0, 0.05) is 42.5 Å². The van der Waals surface area contributed by atoms with Crippen LogP contribution in [0, 0.1) is 6.92 Å². The van der Waals surface area contributed by atoms with Gasteiger partial charge in [-0.1, -0.05) is 0 Å². The van der Waals surface area contributed by atoms with Crippen LogP contribution >= 0.6 is 11.3 Å². The molecule has 1 unspecified atom stereocenters. The van der Waals surface area contributed by atoms with E-state index in [1.54, 1.807) is 29.9 Å². The second-order valence-corrected chi connectivity index (χ2v) is 7.48. The summed E-state index contributed by atoms with van der Waals surface area (Å²) in [6.07, 6.45) is 10.2. The molecule has 26 heavy (non-hydrogen) atoms. The summed E-state index contributed by atoms with van der Waals surface area (Å²) in [5.74, 6) is 0.816. The van der Waals surface area contributed by atoms with Crippen LogP contribution in [0.15, 0.2) is 31.1 Å². The first kappa shape index (κ1) is 16.6. The summed E-state index contributed by atoms with van der Waals surface area (Å²) in [6, 6.07) is 0. The third-order valence-corrected chi connectivity index (χ3v) is 5.23. The molecule has 1 saturated heterocycles. The fourth-order valence-electron chi connectivity index (χ4n) is 3.19. The van der Waals surface area contributed by atoms with E-state index >= 15 is 0 Å². The molecule has 1 atom stereocenters. The van der Waals surface area contributed by atoms with E-state index in [0.29, 0.717) is 18.1 Å². The molecule has 0 bridgehead atoms. The minimum atomic E-state index is -0.0267. The van der Waals surface area contributed by atoms with Crippen molar-refractivity contribution in [2.24, 2.45) is 0 Å². The van der Waals surface area contributed by atoms with Crippen LogP contribution in [0.3, 0.4) is 0 Å². The van der Waals surface area contributed by atoms with Crippen molar-refractivity contribution < 1.29 is 4.79 Å². The van der Waals surface area contributed by atoms with Gasteiger partial charge in [0.05, 0.1) is 18.2 Å². The van der Waals surface area contributed by atoms with Crippen LogP contribution in [0.4, 0.5) is 10.9 Å². The van der Waals surface area contributed by atoms with Crippen LogP contribution in [-0.2, 0) is 0 Å². The number of anilines is 2. The Kier molecular flexibility index (Phi) is 4.61. The zero-order valence-corrected chi connectivity index (χ0v) is 15.2. The van der Waals surface area contributed by atoms with Gasteiger partial charge in [0.25, 0.3) is 5.91 Å². The summed E-state index contributed by atoms with van der Waals surface area (Å²) < 4.78 is 0. The Bertz CT molecular complexity index is 892. The number of thiazole rings is 1. The molecule has 3 aromatic heterocycles. The van der Waals surface area contributed by atoms with E-state index in [1.807, 2.05) is 18.0 Å². The predicted molar refractivity (Wildman–Crippen MR) is 98.6 cm³/mol. The summed E-state index contributed by atoms with van der Waals surface area (Å²) in [6.45, 7) is 3.37. The SMILES string of the molecule is Cc1cnc(Nc2nccnc2C2CCCN(C(=O)c3cnc[nH]3)C2)s1. The quantitative estimate of drug-likeness (QED) is 0.733. The van der Waals surface area contributed by atoms with Crippen molar-refractivity contribution in [2.45, 2.75) is 25.7 Å². The maximum absolute atomic E-state index is 12.6. The standard InChI is InChI=1S/C17H19N7OS/c1-11-7-21-17(26-11)23-15-14(19-4-5-20-15)12-3-2-6-24(9-12)16(25)13-8-18-10-22-13/h4-5,7-8,10,12H,2-3,6,9H2,1H3,(H,18,22)(H,20,21,23). The zero-order valence-electron chi connectivity index (χ0n) is 14.3. The molecule has 134 valence electrons. The molecule has 1 fully saturated rings. The zero-order chi connectivity index (χ0) is 17.9. The van der Waals surface area contributed by atoms with Crippen molar-refractivity contribution in [3.05, 3.63) is 47.4 Å². The van der Waals surface area contributed by atoms with Gasteiger partial charge in [-0.3, -0.25) is 9.78 Å². The third kappa shape index (κ3) is 3.43. The Morgan fingerprint density at radius 1 is 1.31 bits per heavy atom. The molecule has 0 spiro atoms. The number of aryl methyl sites for hydroxylation is 1. The number of aromatic amines is 1. The second-order valence-electron chi connectivity index (χ2n) is 6.25. The fraction of sp³-hybridized carbons (Fsp3) is 0.353. The summed E-state index contributed by atoms with van der Waals surface area (Å²) in [5, 5.41) is 4.07. The summed E-state index contributed by atoms with van der Waals surface area (Å²) in [4.78, 5) is 35.8. The highest BCUT2D eigenvalue weighted by atomic mass is 32.1. The lowest BCUT2D eigenvalue weighted by Gasteiger charge is -2.32. The average Bonchev–Trinajstić information content (AvgIpc) is 3.34. The van der Waals surface area contributed by atoms with Gasteiger partial charge in [-0.2, -0.15) is 0 Å². The lowest BCUT2D eigenvalue weighted by Crippen LogP contribution is -2.39. The summed E-state index contributed by atoms with van der Waals surface area (Å²) >= 11 is 1.58. The molecule has 1 aliphatic heterocycles. The minimum Gasteiger partial charge on any atom is -0.341 e. The number of carbonyl (C=O) groups is 1. The number of hydrogen-bond donors (Lipinski definition) is 2. The van der Waals surface area contributed by atoms with Gasteiger partial charge >= 0.3 is 0 Å². The lowest BCUT2D eigenvalue weighted by molar-refractivity contribution is 0.0700. The third-order valence-electron chi connectivity index (χ3n) is 4.40. The lowest BCUT2D eigenvalue weighted by atomic mass is 9.94. The van der Waals surface area contributed by atoms with E-state index < -0.39 is 0 Å². The van der Waals surface area contributed by atoms with Gasteiger partial charge in [-0.25, -0.2) is 15.0 Å². The monoisotopic (exact) mass is 369 g/mol. The summed E-state index contributed by atoms with van der Waals surface area (Å²) in [5.41, 5.74) is 1.39. The number of hydrogen-bond acceptors (Lipinski definition) is 7. The molecule has 0 radical (unpaired) electrons. The largest absolute Gasteiger partial charge is 0.341 e. The molecule has 1 amide bonds. The fourth-order valence-corrected chi connectivity index (χ4v) is 3.85. The average molecular weight is 369 g/mol. The molecule has 0 saturated carbocycles. The first-order valence-electron chi connectivity index (χ1n) is 8.48. The van der Waals surface area contributed by atoms with Gasteiger partial charge in [0.15, 0.2) is 10.9 Å². The van der Waals surface area contributed by atoms with Gasteiger partial charge in [-0.05, 0) is 19.8 Å². The normalized spacial score (nSPS) is 17.3. The highest BCUT2D eigenvalue weighted by Crippen LogP contribution is 2.31. The number of nitrogens with one attached hydrogen (secondary N) is 2. The highest BCUT2D eigenvalue weighted by Gasteiger charge is 2.28. The Hall–Kier alpha value is -2.81. The summed E-state index contributed by atoms with van der Waals surface area (Å²) in [7, 11) is 0. The van der Waals surface area contributed by atoms with Crippen molar-refractivity contribution >= 4 is 28.2 Å². The topological polar surface area (TPSA) is 99.7 Å². The second kappa shape index (κ2) is 7.20. The molecule has 0 aromatic carbocycles. The molecular weight excluding hydrogens is 350 g/mol. The highest BCUT2D eigenvalue weighted by molar-refractivity contribution is 7.15. The number of aromatic nitrogens is 5. The first-order valence-corrected chi connectivity index (χ1v) is 9.30. The molecule has 9 heteroatoms. The number of piperidine rings is 1. The van der Waals surface area contributed by atoms with Gasteiger partial charge in [0.2, 0.25) is 0 Å². The molecular formula is C17H19N7OS. The van der Waals surface area contributed by atoms with E-state index in [9.17, 15) is 4.79 Å². The molecule has 2 N–H and O–H groups in total. The van der Waals surface area contributed by atoms with Crippen molar-refractivity contribution in [3.8, 4) is 0 Å². The number of H-pyrrole nitrogens is 1. The molecule has 3 aromatic rings. The maximum Gasteiger partial charge on any atom is 0.271 e. The smallest absolute Gasteiger partial charge is 0.271 e. The number of likely N-dealkylation sites (tertiary alicyclic amines) is 1. The van der Waals surface area contributed by atoms with E-state index in [1.165, 1.54) is 6.33 Å². The number of imidazole rings is 1. The van der Waals surface area contributed by atoms with Gasteiger partial charge in [-0.15, -0.1) is 11.3 Å². The van der Waals surface area contributed by atoms with E-state index in [-0.39, 0.29) is 11.8 Å². The minimum absolute atomic E-state index is 0.0267. The number of carbonyl (C=O) groups excluding carboxylic acids is 1. The molecule has 4 rings (SSSR count). The van der Waals surface area contributed by atoms with Crippen LogP contribution in [0.1, 0.15) is 39.8 Å². The first-order chi connectivity index (χ1) is 12.7. The Morgan fingerprint density at radius 3 is 2.96 bits per heavy atom. The van der Waals surface area contributed by atoms with Crippen LogP contribution in [0.25, 0.3) is 0 Å². The van der Waals surface area contributed by atoms with Gasteiger partial charge < -0.3 is 15.2 Å². The van der Waals surface area contributed by atoms with E-state index in [2.05, 4.69) is 30.2 Å². The Morgan fingerprint density at radius 2 is 2.19 bits per heavy atom. The number of amides is 1. The number of nitrogens with zero attached hydrogens (tertiary/aromatic N) is 5. The Labute approximate surface area is 154 Å². The molecule has 1 aliphatic rings. The van der Waals surface area contributed by atoms with Crippen molar-refractivity contribution in [1.82, 2.24) is 29.8 Å². The van der Waals surface area contributed by atoms with Crippen LogP contribution in [-0.4, -0.2) is 48.8 Å². The Balaban J connectivity index is 1.54. The van der Waals surface area contributed by atoms with Crippen LogP contribution in [0.2, 0.25) is 0 Å². The van der Waals surface area contributed by atoms with Crippen LogP contribution in [0.5, 0.6) is 0 Å². The van der Waals surface area contributed by atoms with Crippen molar-refractivity contribution in [3.63, 3.8) is 0 Å². The number of rotatable bonds is 4. The van der Waals surface area contributed by atoms with Crippen LogP contribution < -0.4 is 5.32 Å². The maximum atomic E-state index is 12.6. The molecule has 8 nitrogen and oxygen atoms in total. The predicted octanol–water partition coefficient (Wildman–Crippen LogP) is 2.73. The van der Waals surface area contributed by atoms with E-state index in [0.717, 1.165) is 35.1 Å².